The molecule has 0 aliphatic carbocycles. The summed E-state index contributed by atoms with van der Waals surface area (Å²) in [7, 11) is 1.60. The van der Waals surface area contributed by atoms with Gasteiger partial charge in [-0.05, 0) is 19.8 Å². The van der Waals surface area contributed by atoms with Gasteiger partial charge in [0.05, 0.1) is 6.10 Å². The summed E-state index contributed by atoms with van der Waals surface area (Å²) < 4.78 is 10.9. The first-order valence-corrected chi connectivity index (χ1v) is 7.19. The number of rotatable bonds is 10. The summed E-state index contributed by atoms with van der Waals surface area (Å²) in [5.41, 5.74) is 2.51. The molecule has 1 aromatic rings. The predicted molar refractivity (Wildman–Crippen MR) is 79.4 cm³/mol. The van der Waals surface area contributed by atoms with Crippen molar-refractivity contribution < 1.29 is 9.47 Å². The van der Waals surface area contributed by atoms with Gasteiger partial charge in [-0.3, -0.25) is 0 Å². The van der Waals surface area contributed by atoms with Gasteiger partial charge in [0.2, 0.25) is 5.88 Å². The van der Waals surface area contributed by atoms with E-state index in [1.54, 1.807) is 13.2 Å². The molecule has 114 valence electrons. The van der Waals surface area contributed by atoms with Crippen molar-refractivity contribution in [1.82, 2.24) is 9.97 Å². The van der Waals surface area contributed by atoms with Gasteiger partial charge in [-0.25, -0.2) is 10.8 Å². The van der Waals surface area contributed by atoms with Crippen molar-refractivity contribution in [2.45, 2.75) is 58.7 Å². The molecule has 1 aromatic heterocycles. The van der Waals surface area contributed by atoms with Crippen molar-refractivity contribution in [3.63, 3.8) is 0 Å². The molecule has 6 heteroatoms. The molecule has 1 rings (SSSR count). The van der Waals surface area contributed by atoms with Crippen LogP contribution >= 0.6 is 0 Å². The Labute approximate surface area is 121 Å². The van der Waals surface area contributed by atoms with E-state index in [1.807, 2.05) is 0 Å². The number of nitrogens with one attached hydrogen (secondary N) is 1. The fourth-order valence-corrected chi connectivity index (χ4v) is 1.92. The van der Waals surface area contributed by atoms with Crippen LogP contribution in [0.2, 0.25) is 0 Å². The lowest BCUT2D eigenvalue weighted by molar-refractivity contribution is 0.171. The number of hydrogen-bond donors (Lipinski definition) is 2. The number of hydrazine groups is 1. The molecule has 0 aliphatic rings. The van der Waals surface area contributed by atoms with Crippen molar-refractivity contribution in [3.8, 4) is 5.88 Å². The molecular weight excluding hydrogens is 256 g/mol. The maximum Gasteiger partial charge on any atom is 0.219 e. The maximum absolute atomic E-state index is 5.82. The number of nitrogens with two attached hydrogens (primary N) is 1. The zero-order chi connectivity index (χ0) is 14.8. The monoisotopic (exact) mass is 282 g/mol. The molecule has 3 N–H and O–H groups in total. The van der Waals surface area contributed by atoms with Gasteiger partial charge in [0, 0.05) is 13.2 Å². The lowest BCUT2D eigenvalue weighted by Gasteiger charge is -2.15. The number of unbranched alkanes of at least 4 members (excludes halogenated alkanes) is 3. The van der Waals surface area contributed by atoms with Crippen LogP contribution in [0.3, 0.4) is 0 Å². The van der Waals surface area contributed by atoms with Crippen LogP contribution in [-0.4, -0.2) is 23.2 Å². The first-order chi connectivity index (χ1) is 9.69. The number of nitrogen functional groups attached to an aromatic ring is 1. The van der Waals surface area contributed by atoms with Crippen molar-refractivity contribution in [2.24, 2.45) is 5.84 Å². The van der Waals surface area contributed by atoms with Crippen molar-refractivity contribution in [2.75, 3.05) is 12.5 Å². The molecular formula is C14H26N4O2. The Morgan fingerprint density at radius 2 is 2.10 bits per heavy atom. The first kappa shape index (κ1) is 16.7. The highest BCUT2D eigenvalue weighted by molar-refractivity contribution is 5.36. The molecule has 0 aliphatic heterocycles. The summed E-state index contributed by atoms with van der Waals surface area (Å²) in [6.45, 7) is 4.59. The third kappa shape index (κ3) is 6.16. The molecule has 0 saturated carbocycles. The lowest BCUT2D eigenvalue weighted by atomic mass is 10.1. The Kier molecular flexibility index (Phi) is 7.91. The molecule has 6 nitrogen and oxygen atoms in total. The average molecular weight is 282 g/mol. The van der Waals surface area contributed by atoms with Crippen LogP contribution in [-0.2, 0) is 11.3 Å². The number of hydrogen-bond acceptors (Lipinski definition) is 6. The van der Waals surface area contributed by atoms with Gasteiger partial charge >= 0.3 is 0 Å². The van der Waals surface area contributed by atoms with E-state index in [2.05, 4.69) is 29.2 Å². The van der Waals surface area contributed by atoms with Crippen LogP contribution in [0.1, 0.15) is 51.8 Å². The molecule has 0 saturated heterocycles. The minimum atomic E-state index is 0.128. The van der Waals surface area contributed by atoms with Gasteiger partial charge in [0.1, 0.15) is 12.4 Å². The van der Waals surface area contributed by atoms with Crippen molar-refractivity contribution in [1.29, 1.82) is 0 Å². The molecule has 0 spiro atoms. The Morgan fingerprint density at radius 1 is 1.30 bits per heavy atom. The largest absolute Gasteiger partial charge is 0.475 e. The molecule has 0 fully saturated rings. The standard InChI is InChI=1S/C14H26N4O2/c1-4-5-6-7-8-11(2)20-14-9-12(18-15)16-13(17-14)10-19-3/h9,11H,4-8,10,15H2,1-3H3,(H,16,17,18). The smallest absolute Gasteiger partial charge is 0.219 e. The maximum atomic E-state index is 5.82. The van der Waals surface area contributed by atoms with Gasteiger partial charge in [0.15, 0.2) is 5.82 Å². The molecule has 0 radical (unpaired) electrons. The minimum Gasteiger partial charge on any atom is -0.475 e. The fraction of sp³-hybridized carbons (Fsp3) is 0.714. The van der Waals surface area contributed by atoms with E-state index >= 15 is 0 Å². The Hall–Kier alpha value is -1.40. The summed E-state index contributed by atoms with van der Waals surface area (Å²) in [4.78, 5) is 8.48. The van der Waals surface area contributed by atoms with E-state index < -0.39 is 0 Å². The van der Waals surface area contributed by atoms with Gasteiger partial charge in [-0.2, -0.15) is 4.98 Å². The summed E-state index contributed by atoms with van der Waals surface area (Å²) in [6.07, 6.45) is 6.09. The van der Waals surface area contributed by atoms with E-state index in [-0.39, 0.29) is 6.10 Å². The Morgan fingerprint density at radius 3 is 2.75 bits per heavy atom. The van der Waals surface area contributed by atoms with E-state index in [9.17, 15) is 0 Å². The molecule has 0 amide bonds. The zero-order valence-corrected chi connectivity index (χ0v) is 12.7. The average Bonchev–Trinajstić information content (AvgIpc) is 2.43. The van der Waals surface area contributed by atoms with Gasteiger partial charge in [-0.15, -0.1) is 0 Å². The highest BCUT2D eigenvalue weighted by atomic mass is 16.5. The second-order valence-electron chi connectivity index (χ2n) is 4.86. The zero-order valence-electron chi connectivity index (χ0n) is 12.7. The molecule has 1 unspecified atom stereocenters. The number of anilines is 1. The molecule has 0 bridgehead atoms. The number of methoxy groups -OCH3 is 1. The summed E-state index contributed by atoms with van der Waals surface area (Å²) in [6, 6.07) is 1.70. The summed E-state index contributed by atoms with van der Waals surface area (Å²) in [5, 5.41) is 0. The highest BCUT2D eigenvalue weighted by Gasteiger charge is 2.09. The third-order valence-corrected chi connectivity index (χ3v) is 2.96. The quantitative estimate of drug-likeness (QED) is 0.390. The summed E-state index contributed by atoms with van der Waals surface area (Å²) in [5.74, 6) is 7.00. The number of ether oxygens (including phenoxy) is 2. The van der Waals surface area contributed by atoms with E-state index in [0.29, 0.717) is 24.1 Å². The second-order valence-corrected chi connectivity index (χ2v) is 4.86. The van der Waals surface area contributed by atoms with Crippen LogP contribution in [0, 0.1) is 0 Å². The molecule has 1 heterocycles. The minimum absolute atomic E-state index is 0.128. The van der Waals surface area contributed by atoms with E-state index in [1.165, 1.54) is 25.7 Å². The van der Waals surface area contributed by atoms with Crippen molar-refractivity contribution >= 4 is 5.82 Å². The Balaban J connectivity index is 2.54. The lowest BCUT2D eigenvalue weighted by Crippen LogP contribution is -2.15. The Bertz CT molecular complexity index is 387. The second kappa shape index (κ2) is 9.50. The summed E-state index contributed by atoms with van der Waals surface area (Å²) >= 11 is 0. The van der Waals surface area contributed by atoms with Crippen LogP contribution in [0.4, 0.5) is 5.82 Å². The van der Waals surface area contributed by atoms with E-state index in [4.69, 9.17) is 15.3 Å². The fourth-order valence-electron chi connectivity index (χ4n) is 1.92. The van der Waals surface area contributed by atoms with Gasteiger partial charge in [-0.1, -0.05) is 26.2 Å². The van der Waals surface area contributed by atoms with Crippen LogP contribution in [0.15, 0.2) is 6.07 Å². The number of nitrogens with zero attached hydrogens (tertiary/aromatic N) is 2. The van der Waals surface area contributed by atoms with Gasteiger partial charge in [0.25, 0.3) is 0 Å². The van der Waals surface area contributed by atoms with Gasteiger partial charge < -0.3 is 14.9 Å². The molecule has 20 heavy (non-hydrogen) atoms. The normalized spacial score (nSPS) is 12.2. The molecule has 0 aromatic carbocycles. The van der Waals surface area contributed by atoms with Crippen LogP contribution < -0.4 is 16.0 Å². The van der Waals surface area contributed by atoms with Crippen LogP contribution in [0.25, 0.3) is 0 Å². The number of aromatic nitrogens is 2. The topological polar surface area (TPSA) is 82.3 Å². The first-order valence-electron chi connectivity index (χ1n) is 7.19. The van der Waals surface area contributed by atoms with E-state index in [0.717, 1.165) is 6.42 Å². The molecule has 1 atom stereocenters. The van der Waals surface area contributed by atoms with Crippen LogP contribution in [0.5, 0.6) is 5.88 Å². The predicted octanol–water partition coefficient (Wildman–Crippen LogP) is 2.65. The third-order valence-electron chi connectivity index (χ3n) is 2.96. The highest BCUT2D eigenvalue weighted by Crippen LogP contribution is 2.17. The SMILES string of the molecule is CCCCCCC(C)Oc1cc(NN)nc(COC)n1. The van der Waals surface area contributed by atoms with Crippen molar-refractivity contribution in [3.05, 3.63) is 11.9 Å².